The Hall–Kier alpha value is -2.15. The SMILES string of the molecule is C[C@H](Nc1nccc(-c2ccnn2C)c1F)C1CC2CC(Cl)CCC2NC1=O. The number of fused-ring (bicyclic) bond motifs is 1. The van der Waals surface area contributed by atoms with Crippen LogP contribution >= 0.6 is 11.6 Å². The molecule has 2 aromatic heterocycles. The van der Waals surface area contributed by atoms with Crippen LogP contribution in [0.25, 0.3) is 11.3 Å². The zero-order valence-electron chi connectivity index (χ0n) is 16.0. The lowest BCUT2D eigenvalue weighted by Gasteiger charge is -2.42. The molecule has 0 spiro atoms. The third kappa shape index (κ3) is 3.60. The van der Waals surface area contributed by atoms with Crippen molar-refractivity contribution in [3.8, 4) is 11.3 Å². The number of amides is 1. The van der Waals surface area contributed by atoms with Gasteiger partial charge in [0, 0.05) is 42.5 Å². The molecule has 2 aliphatic rings. The first-order chi connectivity index (χ1) is 13.4. The topological polar surface area (TPSA) is 71.8 Å². The Bertz CT molecular complexity index is 872. The summed E-state index contributed by atoms with van der Waals surface area (Å²) in [6.45, 7) is 1.91. The predicted octanol–water partition coefficient (Wildman–Crippen LogP) is 3.33. The number of pyridine rings is 1. The highest BCUT2D eigenvalue weighted by Gasteiger charge is 2.41. The molecular weight excluding hydrogens is 381 g/mol. The molecule has 3 heterocycles. The highest BCUT2D eigenvalue weighted by atomic mass is 35.5. The van der Waals surface area contributed by atoms with Gasteiger partial charge in [0.15, 0.2) is 11.6 Å². The van der Waals surface area contributed by atoms with Gasteiger partial charge in [-0.25, -0.2) is 9.37 Å². The van der Waals surface area contributed by atoms with Gasteiger partial charge in [0.25, 0.3) is 0 Å². The molecule has 5 atom stereocenters. The van der Waals surface area contributed by atoms with Gasteiger partial charge in [-0.05, 0) is 50.7 Å². The van der Waals surface area contributed by atoms with Gasteiger partial charge in [-0.2, -0.15) is 5.10 Å². The summed E-state index contributed by atoms with van der Waals surface area (Å²) >= 11 is 6.33. The summed E-state index contributed by atoms with van der Waals surface area (Å²) in [6.07, 6.45) is 6.74. The summed E-state index contributed by atoms with van der Waals surface area (Å²) in [7, 11) is 1.77. The van der Waals surface area contributed by atoms with Crippen molar-refractivity contribution in [2.45, 2.75) is 50.1 Å². The summed E-state index contributed by atoms with van der Waals surface area (Å²) in [5, 5.41) is 10.6. The van der Waals surface area contributed by atoms with Gasteiger partial charge in [-0.3, -0.25) is 9.48 Å². The van der Waals surface area contributed by atoms with Crippen molar-refractivity contribution in [3.63, 3.8) is 0 Å². The summed E-state index contributed by atoms with van der Waals surface area (Å²) < 4.78 is 16.7. The fraction of sp³-hybridized carbons (Fsp3) is 0.550. The first kappa shape index (κ1) is 19.2. The van der Waals surface area contributed by atoms with Crippen molar-refractivity contribution >= 4 is 23.3 Å². The molecular formula is C20H25ClFN5O. The van der Waals surface area contributed by atoms with E-state index in [1.54, 1.807) is 36.3 Å². The van der Waals surface area contributed by atoms with E-state index >= 15 is 4.39 Å². The number of nitrogens with one attached hydrogen (secondary N) is 2. The molecule has 0 aromatic carbocycles. The van der Waals surface area contributed by atoms with E-state index < -0.39 is 5.82 Å². The molecule has 1 saturated carbocycles. The lowest BCUT2D eigenvalue weighted by atomic mass is 9.74. The number of halogens is 2. The van der Waals surface area contributed by atoms with E-state index in [0.29, 0.717) is 17.2 Å². The van der Waals surface area contributed by atoms with E-state index in [0.717, 1.165) is 25.7 Å². The number of carbonyl (C=O) groups is 1. The largest absolute Gasteiger partial charge is 0.364 e. The lowest BCUT2D eigenvalue weighted by molar-refractivity contribution is -0.130. The molecule has 1 aliphatic heterocycles. The Morgan fingerprint density at radius 3 is 2.89 bits per heavy atom. The van der Waals surface area contributed by atoms with Gasteiger partial charge in [0.05, 0.1) is 11.6 Å². The van der Waals surface area contributed by atoms with Crippen LogP contribution in [0.3, 0.4) is 0 Å². The van der Waals surface area contributed by atoms with Crippen molar-refractivity contribution in [1.29, 1.82) is 0 Å². The number of nitrogens with zero attached hydrogens (tertiary/aromatic N) is 3. The molecule has 1 amide bonds. The molecule has 2 fully saturated rings. The lowest BCUT2D eigenvalue weighted by Crippen LogP contribution is -2.55. The van der Waals surface area contributed by atoms with Gasteiger partial charge in [0.1, 0.15) is 0 Å². The Kier molecular flexibility index (Phi) is 5.27. The molecule has 28 heavy (non-hydrogen) atoms. The van der Waals surface area contributed by atoms with E-state index in [4.69, 9.17) is 11.6 Å². The van der Waals surface area contributed by atoms with Crippen LogP contribution in [0.1, 0.15) is 32.6 Å². The van der Waals surface area contributed by atoms with Gasteiger partial charge < -0.3 is 10.6 Å². The Morgan fingerprint density at radius 2 is 2.14 bits per heavy atom. The van der Waals surface area contributed by atoms with Crippen molar-refractivity contribution in [2.24, 2.45) is 18.9 Å². The first-order valence-electron chi connectivity index (χ1n) is 9.78. The molecule has 4 unspecified atom stereocenters. The van der Waals surface area contributed by atoms with Crippen LogP contribution in [0, 0.1) is 17.7 Å². The quantitative estimate of drug-likeness (QED) is 0.765. The monoisotopic (exact) mass is 405 g/mol. The average molecular weight is 406 g/mol. The number of carbonyl (C=O) groups excluding carboxylic acids is 1. The zero-order valence-corrected chi connectivity index (χ0v) is 16.8. The van der Waals surface area contributed by atoms with Crippen LogP contribution in [0.5, 0.6) is 0 Å². The van der Waals surface area contributed by atoms with Crippen molar-refractivity contribution in [1.82, 2.24) is 20.1 Å². The normalized spacial score (nSPS) is 28.4. The number of rotatable bonds is 4. The van der Waals surface area contributed by atoms with Crippen LogP contribution in [-0.4, -0.2) is 38.1 Å². The first-order valence-corrected chi connectivity index (χ1v) is 10.2. The Morgan fingerprint density at radius 1 is 1.32 bits per heavy atom. The maximum absolute atomic E-state index is 15.1. The number of aromatic nitrogens is 3. The minimum atomic E-state index is -0.439. The number of anilines is 1. The smallest absolute Gasteiger partial charge is 0.225 e. The minimum absolute atomic E-state index is 0.0254. The number of piperidine rings is 1. The molecule has 150 valence electrons. The molecule has 2 aromatic rings. The second kappa shape index (κ2) is 7.70. The maximum Gasteiger partial charge on any atom is 0.225 e. The van der Waals surface area contributed by atoms with Crippen LogP contribution < -0.4 is 10.6 Å². The second-order valence-electron chi connectivity index (χ2n) is 7.92. The number of aryl methyl sites for hydroxylation is 1. The maximum atomic E-state index is 15.1. The van der Waals surface area contributed by atoms with Crippen LogP contribution in [0.2, 0.25) is 0 Å². The van der Waals surface area contributed by atoms with E-state index in [1.807, 2.05) is 6.92 Å². The molecule has 0 bridgehead atoms. The Labute approximate surface area is 168 Å². The number of hydrogen-bond acceptors (Lipinski definition) is 4. The van der Waals surface area contributed by atoms with E-state index in [2.05, 4.69) is 20.7 Å². The van der Waals surface area contributed by atoms with Gasteiger partial charge in [-0.15, -0.1) is 11.6 Å². The fourth-order valence-electron chi connectivity index (χ4n) is 4.51. The van der Waals surface area contributed by atoms with Crippen LogP contribution in [-0.2, 0) is 11.8 Å². The molecule has 4 rings (SSSR count). The number of hydrogen-bond donors (Lipinski definition) is 2. The number of alkyl halides is 1. The predicted molar refractivity (Wildman–Crippen MR) is 107 cm³/mol. The van der Waals surface area contributed by atoms with Gasteiger partial charge in [-0.1, -0.05) is 0 Å². The van der Waals surface area contributed by atoms with Crippen molar-refractivity contribution in [3.05, 3.63) is 30.3 Å². The van der Waals surface area contributed by atoms with Crippen molar-refractivity contribution in [2.75, 3.05) is 5.32 Å². The Balaban J connectivity index is 1.51. The summed E-state index contributed by atoms with van der Waals surface area (Å²) in [5.41, 5.74) is 1.10. The molecule has 6 nitrogen and oxygen atoms in total. The summed E-state index contributed by atoms with van der Waals surface area (Å²) in [5.74, 6) is -0.130. The molecule has 1 aliphatic carbocycles. The fourth-order valence-corrected chi connectivity index (χ4v) is 4.86. The van der Waals surface area contributed by atoms with E-state index in [1.165, 1.54) is 0 Å². The summed E-state index contributed by atoms with van der Waals surface area (Å²) in [6, 6.07) is 3.35. The van der Waals surface area contributed by atoms with Gasteiger partial charge >= 0.3 is 0 Å². The minimum Gasteiger partial charge on any atom is -0.364 e. The average Bonchev–Trinajstić information content (AvgIpc) is 3.09. The van der Waals surface area contributed by atoms with Crippen molar-refractivity contribution < 1.29 is 9.18 Å². The van der Waals surface area contributed by atoms with E-state index in [9.17, 15) is 4.79 Å². The third-order valence-electron chi connectivity index (χ3n) is 6.09. The molecule has 1 saturated heterocycles. The van der Waals surface area contributed by atoms with Gasteiger partial charge in [0.2, 0.25) is 5.91 Å². The standard InChI is InChI=1S/C20H25ClFN5O/c1-11(15-10-12-9-13(21)3-4-16(12)26-20(15)28)25-19-18(22)14(5-7-23-19)17-6-8-24-27(17)2/h5-8,11-13,15-16H,3-4,9-10H2,1-2H3,(H,23,25)(H,26,28)/t11-,12?,13?,15?,16?/m0/s1. The highest BCUT2D eigenvalue weighted by molar-refractivity contribution is 6.20. The van der Waals surface area contributed by atoms with Crippen LogP contribution in [0.4, 0.5) is 10.2 Å². The molecule has 2 N–H and O–H groups in total. The highest BCUT2D eigenvalue weighted by Crippen LogP contribution is 2.37. The summed E-state index contributed by atoms with van der Waals surface area (Å²) in [4.78, 5) is 16.8. The van der Waals surface area contributed by atoms with Crippen LogP contribution in [0.15, 0.2) is 24.5 Å². The third-order valence-corrected chi connectivity index (χ3v) is 6.49. The molecule has 0 radical (unpaired) electrons. The second-order valence-corrected chi connectivity index (χ2v) is 8.54. The molecule has 8 heteroatoms. The van der Waals surface area contributed by atoms with E-state index in [-0.39, 0.29) is 35.1 Å². The zero-order chi connectivity index (χ0) is 19.8.